The Balaban J connectivity index is 1.58. The fraction of sp³-hybridized carbons (Fsp3) is 0.316. The average Bonchev–Trinajstić information content (AvgIpc) is 3.22. The zero-order valence-corrected chi connectivity index (χ0v) is 18.4. The van der Waals surface area contributed by atoms with E-state index in [9.17, 15) is 9.59 Å². The van der Waals surface area contributed by atoms with Gasteiger partial charge in [-0.2, -0.15) is 0 Å². The van der Waals surface area contributed by atoms with Crippen LogP contribution in [0.1, 0.15) is 23.8 Å². The number of anilines is 1. The van der Waals surface area contributed by atoms with E-state index in [1.165, 1.54) is 21.2 Å². The summed E-state index contributed by atoms with van der Waals surface area (Å²) < 4.78 is 1.54. The van der Waals surface area contributed by atoms with Crippen LogP contribution in [0, 0.1) is 0 Å². The number of thioether (sulfide) groups is 1. The van der Waals surface area contributed by atoms with Gasteiger partial charge in [0.05, 0.1) is 21.3 Å². The number of hydrogen-bond donors (Lipinski definition) is 1. The number of halogens is 2. The molecule has 2 aromatic heterocycles. The fourth-order valence-electron chi connectivity index (χ4n) is 3.25. The van der Waals surface area contributed by atoms with Crippen LogP contribution in [0.25, 0.3) is 10.2 Å². The van der Waals surface area contributed by atoms with Crippen molar-refractivity contribution >= 4 is 68.1 Å². The number of hydrogen-bond acceptors (Lipinski definition) is 5. The second kappa shape index (κ2) is 7.71. The van der Waals surface area contributed by atoms with Gasteiger partial charge in [0.15, 0.2) is 5.16 Å². The average molecular weight is 454 g/mol. The Labute approximate surface area is 180 Å². The number of fused-ring (bicyclic) bond motifs is 3. The maximum Gasteiger partial charge on any atom is 0.262 e. The SMILES string of the molecule is CC(Sc1nc2sc3c(c2c(=O)n1C)CCC3)C(=O)Nc1ccc(Cl)cc1Cl. The Morgan fingerprint density at radius 1 is 1.36 bits per heavy atom. The van der Waals surface area contributed by atoms with E-state index in [1.54, 1.807) is 43.5 Å². The number of aryl methyl sites for hydroxylation is 2. The van der Waals surface area contributed by atoms with Crippen molar-refractivity contribution in [1.82, 2.24) is 9.55 Å². The molecule has 9 heteroatoms. The van der Waals surface area contributed by atoms with Crippen LogP contribution in [0.5, 0.6) is 0 Å². The van der Waals surface area contributed by atoms with E-state index in [-0.39, 0.29) is 11.5 Å². The summed E-state index contributed by atoms with van der Waals surface area (Å²) >= 11 is 14.9. The Hall–Kier alpha value is -1.54. The maximum atomic E-state index is 12.9. The second-order valence-corrected chi connectivity index (χ2v) is 9.90. The zero-order valence-electron chi connectivity index (χ0n) is 15.2. The molecule has 1 aliphatic carbocycles. The third-order valence-electron chi connectivity index (χ3n) is 4.75. The highest BCUT2D eigenvalue weighted by Gasteiger charge is 2.24. The summed E-state index contributed by atoms with van der Waals surface area (Å²) in [5, 5.41) is 4.48. The van der Waals surface area contributed by atoms with E-state index >= 15 is 0 Å². The molecule has 4 rings (SSSR count). The number of nitrogens with one attached hydrogen (secondary N) is 1. The summed E-state index contributed by atoms with van der Waals surface area (Å²) in [7, 11) is 1.71. The lowest BCUT2D eigenvalue weighted by Gasteiger charge is -2.14. The van der Waals surface area contributed by atoms with E-state index in [4.69, 9.17) is 23.2 Å². The first kappa shape index (κ1) is 19.8. The minimum absolute atomic E-state index is 0.0414. The van der Waals surface area contributed by atoms with Crippen molar-refractivity contribution in [3.63, 3.8) is 0 Å². The van der Waals surface area contributed by atoms with Crippen molar-refractivity contribution < 1.29 is 4.79 Å². The number of thiophene rings is 1. The number of aromatic nitrogens is 2. The quantitative estimate of drug-likeness (QED) is 0.450. The monoisotopic (exact) mass is 453 g/mol. The molecule has 1 atom stereocenters. The van der Waals surface area contributed by atoms with Crippen LogP contribution in [-0.4, -0.2) is 20.7 Å². The highest BCUT2D eigenvalue weighted by molar-refractivity contribution is 8.00. The summed E-state index contributed by atoms with van der Waals surface area (Å²) in [6.07, 6.45) is 3.06. The standard InChI is InChI=1S/C19H17Cl2N3O2S2/c1-9(16(25)22-13-7-6-10(20)8-12(13)21)27-19-23-17-15(18(26)24(19)2)11-4-3-5-14(11)28-17/h6-9H,3-5H2,1-2H3,(H,22,25). The molecule has 0 saturated heterocycles. The Morgan fingerprint density at radius 2 is 2.14 bits per heavy atom. The molecule has 0 aliphatic heterocycles. The van der Waals surface area contributed by atoms with Crippen molar-refractivity contribution in [2.45, 2.75) is 36.6 Å². The molecule has 1 N–H and O–H groups in total. The molecule has 0 bridgehead atoms. The topological polar surface area (TPSA) is 64.0 Å². The molecular formula is C19H17Cl2N3O2S2. The van der Waals surface area contributed by atoms with Crippen LogP contribution in [0.3, 0.4) is 0 Å². The van der Waals surface area contributed by atoms with E-state index < -0.39 is 5.25 Å². The highest BCUT2D eigenvalue weighted by atomic mass is 35.5. The predicted octanol–water partition coefficient (Wildman–Crippen LogP) is 4.91. The van der Waals surface area contributed by atoms with Gasteiger partial charge in [-0.1, -0.05) is 35.0 Å². The molecule has 3 aromatic rings. The first-order valence-electron chi connectivity index (χ1n) is 8.79. The van der Waals surface area contributed by atoms with Gasteiger partial charge in [0.1, 0.15) is 4.83 Å². The molecule has 28 heavy (non-hydrogen) atoms. The van der Waals surface area contributed by atoms with Gasteiger partial charge in [0.25, 0.3) is 5.56 Å². The van der Waals surface area contributed by atoms with E-state index in [0.717, 1.165) is 35.0 Å². The lowest BCUT2D eigenvalue weighted by atomic mass is 10.2. The largest absolute Gasteiger partial charge is 0.324 e. The molecule has 1 aromatic carbocycles. The zero-order chi connectivity index (χ0) is 20.0. The van der Waals surface area contributed by atoms with Crippen LogP contribution in [0.4, 0.5) is 5.69 Å². The smallest absolute Gasteiger partial charge is 0.262 e. The van der Waals surface area contributed by atoms with Crippen LogP contribution < -0.4 is 10.9 Å². The normalized spacial score (nSPS) is 14.3. The van der Waals surface area contributed by atoms with Crippen LogP contribution in [-0.2, 0) is 24.7 Å². The van der Waals surface area contributed by atoms with Crippen LogP contribution in [0.2, 0.25) is 10.0 Å². The summed E-state index contributed by atoms with van der Waals surface area (Å²) in [4.78, 5) is 32.2. The van der Waals surface area contributed by atoms with Gasteiger partial charge in [0.2, 0.25) is 5.91 Å². The van der Waals surface area contributed by atoms with Gasteiger partial charge >= 0.3 is 0 Å². The van der Waals surface area contributed by atoms with Crippen LogP contribution >= 0.6 is 46.3 Å². The van der Waals surface area contributed by atoms with Crippen molar-refractivity contribution in [2.24, 2.45) is 7.05 Å². The summed E-state index contributed by atoms with van der Waals surface area (Å²) in [6.45, 7) is 1.77. The predicted molar refractivity (Wildman–Crippen MR) is 117 cm³/mol. The minimum Gasteiger partial charge on any atom is -0.324 e. The third kappa shape index (κ3) is 3.56. The molecule has 0 fully saturated rings. The molecule has 146 valence electrons. The first-order chi connectivity index (χ1) is 13.3. The number of rotatable bonds is 4. The lowest BCUT2D eigenvalue weighted by Crippen LogP contribution is -2.25. The van der Waals surface area contributed by atoms with Gasteiger partial charge in [-0.15, -0.1) is 11.3 Å². The Kier molecular flexibility index (Phi) is 5.44. The van der Waals surface area contributed by atoms with Crippen molar-refractivity contribution in [3.05, 3.63) is 49.0 Å². The number of nitrogens with zero attached hydrogens (tertiary/aromatic N) is 2. The van der Waals surface area contributed by atoms with Crippen molar-refractivity contribution in [2.75, 3.05) is 5.32 Å². The van der Waals surface area contributed by atoms with Gasteiger partial charge in [-0.25, -0.2) is 4.98 Å². The van der Waals surface area contributed by atoms with Crippen molar-refractivity contribution in [3.8, 4) is 0 Å². The second-order valence-electron chi connectivity index (χ2n) is 6.67. The molecule has 1 aliphatic rings. The first-order valence-corrected chi connectivity index (χ1v) is 11.2. The number of carbonyl (C=O) groups excluding carboxylic acids is 1. The maximum absolute atomic E-state index is 12.9. The number of benzene rings is 1. The minimum atomic E-state index is -0.464. The van der Waals surface area contributed by atoms with E-state index in [2.05, 4.69) is 10.3 Å². The Morgan fingerprint density at radius 3 is 2.89 bits per heavy atom. The molecule has 2 heterocycles. The van der Waals surface area contributed by atoms with Gasteiger partial charge < -0.3 is 5.32 Å². The van der Waals surface area contributed by atoms with Gasteiger partial charge in [-0.05, 0) is 49.9 Å². The third-order valence-corrected chi connectivity index (χ3v) is 7.62. The Bertz CT molecular complexity index is 1160. The van der Waals surface area contributed by atoms with Crippen LogP contribution in [0.15, 0.2) is 28.2 Å². The van der Waals surface area contributed by atoms with Gasteiger partial charge in [0, 0.05) is 16.9 Å². The fourth-order valence-corrected chi connectivity index (χ4v) is 5.88. The molecule has 0 spiro atoms. The lowest BCUT2D eigenvalue weighted by molar-refractivity contribution is -0.115. The highest BCUT2D eigenvalue weighted by Crippen LogP contribution is 2.36. The number of carbonyl (C=O) groups is 1. The summed E-state index contributed by atoms with van der Waals surface area (Å²) in [6, 6.07) is 4.90. The summed E-state index contributed by atoms with van der Waals surface area (Å²) in [5.74, 6) is -0.225. The van der Waals surface area contributed by atoms with E-state index in [1.807, 2.05) is 0 Å². The van der Waals surface area contributed by atoms with Gasteiger partial charge in [-0.3, -0.25) is 14.2 Å². The molecule has 0 saturated carbocycles. The summed E-state index contributed by atoms with van der Waals surface area (Å²) in [5.41, 5.74) is 1.61. The molecule has 0 radical (unpaired) electrons. The van der Waals surface area contributed by atoms with E-state index in [0.29, 0.717) is 20.9 Å². The molecule has 1 amide bonds. The molecule has 5 nitrogen and oxygen atoms in total. The molecular weight excluding hydrogens is 437 g/mol. The van der Waals surface area contributed by atoms with Crippen molar-refractivity contribution in [1.29, 1.82) is 0 Å². The number of amides is 1. The molecule has 1 unspecified atom stereocenters.